The van der Waals surface area contributed by atoms with Gasteiger partial charge >= 0.3 is 0 Å². The molecule has 0 atom stereocenters. The molecule has 30 heavy (non-hydrogen) atoms. The van der Waals surface area contributed by atoms with E-state index >= 15 is 0 Å². The van der Waals surface area contributed by atoms with Gasteiger partial charge in [-0.25, -0.2) is 23.1 Å². The van der Waals surface area contributed by atoms with Crippen molar-refractivity contribution in [3.8, 4) is 17.3 Å². The monoisotopic (exact) mass is 426 g/mol. The first-order chi connectivity index (χ1) is 14.6. The molecule has 0 bridgehead atoms. The molecule has 5 nitrogen and oxygen atoms in total. The largest absolute Gasteiger partial charge is 0.476 e. The second-order valence-electron chi connectivity index (χ2n) is 6.62. The number of H-pyrrole nitrogens is 1. The molecular weight excluding hydrogens is 413 g/mol. The summed E-state index contributed by atoms with van der Waals surface area (Å²) in [4.78, 5) is 16.6. The maximum Gasteiger partial charge on any atom is 0.245 e. The van der Waals surface area contributed by atoms with E-state index in [2.05, 4.69) is 19.9 Å². The zero-order valence-electron chi connectivity index (χ0n) is 15.3. The van der Waals surface area contributed by atoms with Crippen molar-refractivity contribution in [3.63, 3.8) is 0 Å². The Morgan fingerprint density at radius 2 is 1.80 bits per heavy atom. The third kappa shape index (κ3) is 3.48. The average Bonchev–Trinajstić information content (AvgIpc) is 3.34. The van der Waals surface area contributed by atoms with Crippen LogP contribution in [0.2, 0.25) is 0 Å². The lowest BCUT2D eigenvalue weighted by atomic mass is 10.1. The highest BCUT2D eigenvalue weighted by Gasteiger charge is 2.15. The van der Waals surface area contributed by atoms with Crippen LogP contribution in [0.25, 0.3) is 32.6 Å². The van der Waals surface area contributed by atoms with Crippen molar-refractivity contribution in [1.29, 1.82) is 0 Å². The molecule has 5 aromatic rings. The molecule has 0 aliphatic rings. The summed E-state index contributed by atoms with van der Waals surface area (Å²) in [5, 5.41) is 0.788. The molecule has 3 heterocycles. The minimum atomic E-state index is -0.716. The number of benzene rings is 2. The van der Waals surface area contributed by atoms with Crippen molar-refractivity contribution in [1.82, 2.24) is 19.9 Å². The first-order valence-electron chi connectivity index (χ1n) is 9.03. The highest BCUT2D eigenvalue weighted by atomic mass is 32.1. The molecule has 3 aromatic heterocycles. The molecule has 5 rings (SSSR count). The van der Waals surface area contributed by atoms with Crippen LogP contribution in [0.4, 0.5) is 13.2 Å². The van der Waals surface area contributed by atoms with Crippen molar-refractivity contribution in [2.24, 2.45) is 0 Å². The van der Waals surface area contributed by atoms with E-state index in [1.807, 2.05) is 6.20 Å². The number of thiazole rings is 1. The fraction of sp³-hybridized carbons (Fsp3) is 0.0952. The van der Waals surface area contributed by atoms with Gasteiger partial charge in [0.15, 0.2) is 16.2 Å². The predicted molar refractivity (Wildman–Crippen MR) is 108 cm³/mol. The number of hydrogen-bond donors (Lipinski definition) is 1. The van der Waals surface area contributed by atoms with Crippen molar-refractivity contribution in [2.75, 3.05) is 6.61 Å². The van der Waals surface area contributed by atoms with Gasteiger partial charge in [0.2, 0.25) is 5.88 Å². The number of halogens is 3. The number of aromatic amines is 1. The number of nitrogens with zero attached hydrogens (tertiary/aromatic N) is 3. The summed E-state index contributed by atoms with van der Waals surface area (Å²) in [7, 11) is 0. The van der Waals surface area contributed by atoms with Gasteiger partial charge in [-0.3, -0.25) is 0 Å². The number of aromatic nitrogens is 4. The number of ether oxygens (including phenoxy) is 1. The quantitative estimate of drug-likeness (QED) is 0.416. The van der Waals surface area contributed by atoms with E-state index in [4.69, 9.17) is 4.74 Å². The van der Waals surface area contributed by atoms with Gasteiger partial charge in [0, 0.05) is 35.2 Å². The van der Waals surface area contributed by atoms with Crippen LogP contribution < -0.4 is 4.74 Å². The number of hydrogen-bond acceptors (Lipinski definition) is 5. The third-order valence-corrected chi connectivity index (χ3v) is 5.35. The van der Waals surface area contributed by atoms with Crippen LogP contribution in [0.5, 0.6) is 5.88 Å². The van der Waals surface area contributed by atoms with E-state index in [1.54, 1.807) is 11.6 Å². The molecule has 150 valence electrons. The summed E-state index contributed by atoms with van der Waals surface area (Å²) in [5.74, 6) is -1.36. The van der Waals surface area contributed by atoms with E-state index in [0.717, 1.165) is 34.7 Å². The van der Waals surface area contributed by atoms with Crippen molar-refractivity contribution < 1.29 is 17.9 Å². The first-order valence-corrected chi connectivity index (χ1v) is 9.91. The molecule has 0 saturated carbocycles. The maximum atomic E-state index is 13.6. The first kappa shape index (κ1) is 18.6. The van der Waals surface area contributed by atoms with Gasteiger partial charge in [-0.15, -0.1) is 11.3 Å². The summed E-state index contributed by atoms with van der Waals surface area (Å²) < 4.78 is 46.6. The second kappa shape index (κ2) is 7.42. The Balaban J connectivity index is 1.43. The number of fused-ring (bicyclic) bond motifs is 2. The maximum absolute atomic E-state index is 13.6. The SMILES string of the molecule is Fc1cc(F)cc(-c2nc(OCCc3c[nH]c4ccc(F)cc34)c3ncsc3n2)c1. The summed E-state index contributed by atoms with van der Waals surface area (Å²) >= 11 is 1.28. The summed E-state index contributed by atoms with van der Waals surface area (Å²) in [6.45, 7) is 0.254. The number of nitrogens with one attached hydrogen (secondary N) is 1. The molecular formula is C21H13F3N4OS. The minimum absolute atomic E-state index is 0.148. The van der Waals surface area contributed by atoms with Gasteiger partial charge in [0.1, 0.15) is 17.5 Å². The van der Waals surface area contributed by atoms with E-state index < -0.39 is 11.6 Å². The molecule has 9 heteroatoms. The van der Waals surface area contributed by atoms with Gasteiger partial charge in [-0.1, -0.05) is 0 Å². The summed E-state index contributed by atoms with van der Waals surface area (Å²) in [6, 6.07) is 7.67. The van der Waals surface area contributed by atoms with Crippen LogP contribution in [-0.4, -0.2) is 26.5 Å². The van der Waals surface area contributed by atoms with Gasteiger partial charge in [-0.05, 0) is 35.9 Å². The van der Waals surface area contributed by atoms with E-state index in [1.165, 1.54) is 23.5 Å². The van der Waals surface area contributed by atoms with Gasteiger partial charge in [0.05, 0.1) is 12.1 Å². The zero-order chi connectivity index (χ0) is 20.7. The Morgan fingerprint density at radius 3 is 2.63 bits per heavy atom. The van der Waals surface area contributed by atoms with Gasteiger partial charge in [0.25, 0.3) is 0 Å². The highest BCUT2D eigenvalue weighted by Crippen LogP contribution is 2.29. The average molecular weight is 426 g/mol. The van der Waals surface area contributed by atoms with Crippen LogP contribution in [0.1, 0.15) is 5.56 Å². The van der Waals surface area contributed by atoms with Gasteiger partial charge in [-0.2, -0.15) is 4.98 Å². The smallest absolute Gasteiger partial charge is 0.245 e. The molecule has 2 aromatic carbocycles. The van der Waals surface area contributed by atoms with Crippen molar-refractivity contribution >= 4 is 32.6 Å². The Bertz CT molecular complexity index is 1360. The lowest BCUT2D eigenvalue weighted by Crippen LogP contribution is -2.04. The van der Waals surface area contributed by atoms with E-state index in [-0.39, 0.29) is 29.7 Å². The minimum Gasteiger partial charge on any atom is -0.476 e. The summed E-state index contributed by atoms with van der Waals surface area (Å²) in [5.41, 5.74) is 4.03. The second-order valence-corrected chi connectivity index (χ2v) is 7.45. The zero-order valence-corrected chi connectivity index (χ0v) is 16.1. The Morgan fingerprint density at radius 1 is 0.967 bits per heavy atom. The fourth-order valence-corrected chi connectivity index (χ4v) is 3.91. The van der Waals surface area contributed by atoms with Crippen molar-refractivity contribution in [2.45, 2.75) is 6.42 Å². The highest BCUT2D eigenvalue weighted by molar-refractivity contribution is 7.16. The standard InChI is InChI=1S/C21H13F3N4OS/c22-13-1-2-17-16(8-13)11(9-25-17)3-4-29-20-18-21(30-10-26-18)28-19(27-20)12-5-14(23)7-15(24)6-12/h1-2,5-10,25H,3-4H2. The van der Waals surface area contributed by atoms with E-state index in [0.29, 0.717) is 16.8 Å². The van der Waals surface area contributed by atoms with Crippen molar-refractivity contribution in [3.05, 3.63) is 71.1 Å². The Kier molecular flexibility index (Phi) is 4.59. The Labute approximate surface area is 172 Å². The normalized spacial score (nSPS) is 11.4. The molecule has 0 fully saturated rings. The topological polar surface area (TPSA) is 63.7 Å². The summed E-state index contributed by atoms with van der Waals surface area (Å²) in [6.07, 6.45) is 2.32. The fourth-order valence-electron chi connectivity index (χ4n) is 3.26. The van der Waals surface area contributed by atoms with Crippen LogP contribution in [0.3, 0.4) is 0 Å². The number of rotatable bonds is 5. The van der Waals surface area contributed by atoms with Crippen LogP contribution in [0.15, 0.2) is 48.1 Å². The molecule has 0 unspecified atom stereocenters. The molecule has 1 N–H and O–H groups in total. The van der Waals surface area contributed by atoms with Crippen LogP contribution in [-0.2, 0) is 6.42 Å². The van der Waals surface area contributed by atoms with Gasteiger partial charge < -0.3 is 9.72 Å². The molecule has 0 spiro atoms. The molecule has 0 saturated heterocycles. The third-order valence-electron chi connectivity index (χ3n) is 4.63. The van der Waals surface area contributed by atoms with Crippen LogP contribution >= 0.6 is 11.3 Å². The van der Waals surface area contributed by atoms with Crippen LogP contribution in [0, 0.1) is 17.5 Å². The molecule has 0 aliphatic heterocycles. The Hall–Kier alpha value is -3.46. The lowest BCUT2D eigenvalue weighted by molar-refractivity contribution is 0.313. The molecule has 0 radical (unpaired) electrons. The van der Waals surface area contributed by atoms with E-state index in [9.17, 15) is 13.2 Å². The molecule has 0 aliphatic carbocycles. The predicted octanol–water partition coefficient (Wildman–Crippen LogP) is 5.27. The molecule has 0 amide bonds. The lowest BCUT2D eigenvalue weighted by Gasteiger charge is -2.08.